The Balaban J connectivity index is 1.88. The molecule has 5 atom stereocenters. The number of rotatable bonds is 2. The number of esters is 2. The smallest absolute Gasteiger partial charge is 0.333 e. The van der Waals surface area contributed by atoms with Crippen molar-refractivity contribution in [1.29, 1.82) is 0 Å². The van der Waals surface area contributed by atoms with Crippen LogP contribution in [0.4, 0.5) is 0 Å². The maximum Gasteiger partial charge on any atom is 0.333 e. The molecule has 1 saturated carbocycles. The van der Waals surface area contributed by atoms with Gasteiger partial charge in [0.15, 0.2) is 0 Å². The molecule has 1 heterocycles. The Morgan fingerprint density at radius 2 is 2.04 bits per heavy atom. The number of carbonyl (C=O) groups is 2. The molecule has 4 nitrogen and oxygen atoms in total. The molecule has 1 fully saturated rings. The van der Waals surface area contributed by atoms with Gasteiger partial charge in [0.05, 0.1) is 5.92 Å². The number of allylic oxidation sites excluding steroid dienone is 2. The highest BCUT2D eigenvalue weighted by atomic mass is 16.6. The van der Waals surface area contributed by atoms with E-state index in [4.69, 9.17) is 9.47 Å². The molecule has 0 aromatic heterocycles. The van der Waals surface area contributed by atoms with Crippen molar-refractivity contribution in [2.24, 2.45) is 23.2 Å². The fourth-order valence-electron chi connectivity index (χ4n) is 4.59. The van der Waals surface area contributed by atoms with Crippen LogP contribution >= 0.6 is 0 Å². The molecule has 0 radical (unpaired) electrons. The Labute approximate surface area is 144 Å². The van der Waals surface area contributed by atoms with Gasteiger partial charge in [0.2, 0.25) is 0 Å². The molecular weight excluding hydrogens is 304 g/mol. The van der Waals surface area contributed by atoms with Gasteiger partial charge in [0.25, 0.3) is 0 Å². The molecule has 0 spiro atoms. The minimum atomic E-state index is -0.226. The van der Waals surface area contributed by atoms with Crippen LogP contribution in [0.15, 0.2) is 23.0 Å². The van der Waals surface area contributed by atoms with Crippen LogP contribution in [0.1, 0.15) is 60.3 Å². The van der Waals surface area contributed by atoms with Crippen LogP contribution in [0.25, 0.3) is 0 Å². The molecular formula is C20H28O4. The molecule has 2 aliphatic carbocycles. The molecule has 4 heteroatoms. The summed E-state index contributed by atoms with van der Waals surface area (Å²) in [6.45, 7) is 10.2. The number of carbonyl (C=O) groups excluding carboxylic acids is 2. The lowest BCUT2D eigenvalue weighted by Gasteiger charge is -2.52. The molecule has 0 aromatic rings. The lowest BCUT2D eigenvalue weighted by Crippen LogP contribution is -2.49. The Morgan fingerprint density at radius 3 is 2.71 bits per heavy atom. The average Bonchev–Trinajstić information content (AvgIpc) is 2.82. The van der Waals surface area contributed by atoms with Crippen molar-refractivity contribution < 1.29 is 19.1 Å². The van der Waals surface area contributed by atoms with E-state index in [1.165, 1.54) is 5.57 Å². The van der Waals surface area contributed by atoms with Gasteiger partial charge in [0.1, 0.15) is 11.9 Å². The van der Waals surface area contributed by atoms with E-state index in [9.17, 15) is 9.59 Å². The molecule has 24 heavy (non-hydrogen) atoms. The SMILES string of the molecule is CC=C(C)C(=O)O[C@@H]1CC[C@H](C)[C@@]2(C)CC3=C(C[C@@H]12)OC(=O)[C@@H]3C. The molecule has 0 unspecified atom stereocenters. The van der Waals surface area contributed by atoms with Gasteiger partial charge in [-0.1, -0.05) is 19.9 Å². The van der Waals surface area contributed by atoms with Crippen LogP contribution in [0.2, 0.25) is 0 Å². The molecule has 3 rings (SSSR count). The second kappa shape index (κ2) is 6.05. The summed E-state index contributed by atoms with van der Waals surface area (Å²) < 4.78 is 11.4. The standard InChI is InChI=1S/C20H28O4/c1-6-11(2)18(21)23-16-8-7-12(3)20(5)10-14-13(4)19(22)24-17(14)9-15(16)20/h6,12-13,15-16H,7-10H2,1-5H3/t12-,13+,15-,16+,20+/m0/s1. The zero-order valence-electron chi connectivity index (χ0n) is 15.3. The highest BCUT2D eigenvalue weighted by Crippen LogP contribution is 2.57. The fourth-order valence-corrected chi connectivity index (χ4v) is 4.59. The summed E-state index contributed by atoms with van der Waals surface area (Å²) in [5, 5.41) is 0. The number of fused-ring (bicyclic) bond motifs is 1. The van der Waals surface area contributed by atoms with E-state index in [1.54, 1.807) is 13.0 Å². The van der Waals surface area contributed by atoms with Crippen LogP contribution in [0.3, 0.4) is 0 Å². The Kier molecular flexibility index (Phi) is 4.35. The minimum absolute atomic E-state index is 0.0497. The van der Waals surface area contributed by atoms with Gasteiger partial charge < -0.3 is 9.47 Å². The van der Waals surface area contributed by atoms with Crippen molar-refractivity contribution in [2.75, 3.05) is 0 Å². The summed E-state index contributed by atoms with van der Waals surface area (Å²) in [4.78, 5) is 24.2. The van der Waals surface area contributed by atoms with Gasteiger partial charge >= 0.3 is 11.9 Å². The maximum atomic E-state index is 12.2. The topological polar surface area (TPSA) is 52.6 Å². The highest BCUT2D eigenvalue weighted by molar-refractivity contribution is 5.87. The zero-order valence-corrected chi connectivity index (χ0v) is 15.3. The van der Waals surface area contributed by atoms with E-state index in [1.807, 2.05) is 13.8 Å². The van der Waals surface area contributed by atoms with Gasteiger partial charge in [0, 0.05) is 17.9 Å². The predicted octanol–water partition coefficient (Wildman–Crippen LogP) is 4.16. The van der Waals surface area contributed by atoms with Crippen LogP contribution in [0, 0.1) is 23.2 Å². The third-order valence-electron chi connectivity index (χ3n) is 6.75. The minimum Gasteiger partial charge on any atom is -0.459 e. The first-order chi connectivity index (χ1) is 11.3. The van der Waals surface area contributed by atoms with Crippen molar-refractivity contribution in [3.05, 3.63) is 23.0 Å². The molecule has 0 N–H and O–H groups in total. The molecule has 1 aliphatic heterocycles. The second-order valence-electron chi connectivity index (χ2n) is 7.98. The van der Waals surface area contributed by atoms with Gasteiger partial charge in [-0.2, -0.15) is 0 Å². The van der Waals surface area contributed by atoms with Crippen LogP contribution in [-0.2, 0) is 19.1 Å². The molecule has 0 saturated heterocycles. The van der Waals surface area contributed by atoms with E-state index >= 15 is 0 Å². The summed E-state index contributed by atoms with van der Waals surface area (Å²) in [6.07, 6.45) is 5.20. The van der Waals surface area contributed by atoms with E-state index in [0.29, 0.717) is 17.9 Å². The highest BCUT2D eigenvalue weighted by Gasteiger charge is 2.54. The summed E-state index contributed by atoms with van der Waals surface area (Å²) in [5.74, 6) is 1.11. The van der Waals surface area contributed by atoms with Crippen molar-refractivity contribution in [1.82, 2.24) is 0 Å². The third-order valence-corrected chi connectivity index (χ3v) is 6.75. The van der Waals surface area contributed by atoms with Gasteiger partial charge in [-0.3, -0.25) is 4.79 Å². The van der Waals surface area contributed by atoms with Crippen LogP contribution in [0.5, 0.6) is 0 Å². The van der Waals surface area contributed by atoms with Crippen LogP contribution < -0.4 is 0 Å². The van der Waals surface area contributed by atoms with E-state index in [-0.39, 0.29) is 35.3 Å². The van der Waals surface area contributed by atoms with Gasteiger partial charge in [-0.25, -0.2) is 4.79 Å². The first-order valence-corrected chi connectivity index (χ1v) is 9.05. The quantitative estimate of drug-likeness (QED) is 0.563. The monoisotopic (exact) mass is 332 g/mol. The Bertz CT molecular complexity index is 630. The summed E-state index contributed by atoms with van der Waals surface area (Å²) in [7, 11) is 0. The lowest BCUT2D eigenvalue weighted by molar-refractivity contribution is -0.158. The van der Waals surface area contributed by atoms with Crippen molar-refractivity contribution >= 4 is 11.9 Å². The maximum absolute atomic E-state index is 12.2. The van der Waals surface area contributed by atoms with E-state index < -0.39 is 0 Å². The normalized spacial score (nSPS) is 39.2. The van der Waals surface area contributed by atoms with E-state index in [2.05, 4.69) is 13.8 Å². The molecule has 3 aliphatic rings. The largest absolute Gasteiger partial charge is 0.459 e. The summed E-state index contributed by atoms with van der Waals surface area (Å²) >= 11 is 0. The lowest BCUT2D eigenvalue weighted by atomic mass is 9.54. The van der Waals surface area contributed by atoms with Gasteiger partial charge in [-0.15, -0.1) is 0 Å². The van der Waals surface area contributed by atoms with Gasteiger partial charge in [-0.05, 0) is 56.9 Å². The number of hydrogen-bond donors (Lipinski definition) is 0. The first kappa shape index (κ1) is 17.2. The number of ether oxygens (including phenoxy) is 2. The summed E-state index contributed by atoms with van der Waals surface area (Å²) in [5.41, 5.74) is 1.86. The zero-order chi connectivity index (χ0) is 17.6. The number of hydrogen-bond acceptors (Lipinski definition) is 4. The molecule has 0 aromatic carbocycles. The van der Waals surface area contributed by atoms with Crippen molar-refractivity contribution in [3.63, 3.8) is 0 Å². The summed E-state index contributed by atoms with van der Waals surface area (Å²) in [6, 6.07) is 0. The fraction of sp³-hybridized carbons (Fsp3) is 0.700. The predicted molar refractivity (Wildman–Crippen MR) is 90.8 cm³/mol. The molecule has 0 amide bonds. The Morgan fingerprint density at radius 1 is 1.33 bits per heavy atom. The third kappa shape index (κ3) is 2.60. The van der Waals surface area contributed by atoms with E-state index in [0.717, 1.165) is 25.0 Å². The van der Waals surface area contributed by atoms with Crippen molar-refractivity contribution in [2.45, 2.75) is 66.4 Å². The molecule has 132 valence electrons. The molecule has 0 bridgehead atoms. The average molecular weight is 332 g/mol. The Hall–Kier alpha value is -1.58. The van der Waals surface area contributed by atoms with Crippen molar-refractivity contribution in [3.8, 4) is 0 Å². The van der Waals surface area contributed by atoms with Crippen LogP contribution in [-0.4, -0.2) is 18.0 Å². The second-order valence-corrected chi connectivity index (χ2v) is 7.98. The first-order valence-electron chi connectivity index (χ1n) is 9.05.